The number of carbonyl (C=O) groups excluding carboxylic acids is 2. The fourth-order valence-corrected chi connectivity index (χ4v) is 4.27. The van der Waals surface area contributed by atoms with Crippen LogP contribution < -0.4 is 9.62 Å². The van der Waals surface area contributed by atoms with E-state index in [0.29, 0.717) is 20.7 Å². The molecule has 1 N–H and O–H groups in total. The maximum atomic E-state index is 13.2. The molecule has 0 spiro atoms. The zero-order valence-electron chi connectivity index (χ0n) is 16.8. The van der Waals surface area contributed by atoms with Gasteiger partial charge < -0.3 is 10.2 Å². The molecule has 2 rings (SSSR count). The maximum Gasteiger partial charge on any atom is 0.244 e. The van der Waals surface area contributed by atoms with Crippen LogP contribution in [-0.2, 0) is 26.2 Å². The van der Waals surface area contributed by atoms with Gasteiger partial charge in [0.25, 0.3) is 0 Å². The number of carbonyl (C=O) groups is 2. The second-order valence-corrected chi connectivity index (χ2v) is 9.88. The van der Waals surface area contributed by atoms with Crippen LogP contribution in [-0.4, -0.2) is 51.0 Å². The van der Waals surface area contributed by atoms with Crippen molar-refractivity contribution in [3.05, 3.63) is 63.6 Å². The molecule has 0 aliphatic rings. The highest BCUT2D eigenvalue weighted by atomic mass is 79.9. The number of hydrogen-bond donors (Lipinski definition) is 1. The lowest BCUT2D eigenvalue weighted by atomic mass is 10.1. The van der Waals surface area contributed by atoms with Crippen LogP contribution in [0.3, 0.4) is 0 Å². The molecule has 0 fully saturated rings. The summed E-state index contributed by atoms with van der Waals surface area (Å²) in [4.78, 5) is 26.8. The van der Waals surface area contributed by atoms with E-state index in [9.17, 15) is 18.0 Å². The number of rotatable bonds is 8. The summed E-state index contributed by atoms with van der Waals surface area (Å²) in [5.41, 5.74) is 0.988. The van der Waals surface area contributed by atoms with Crippen molar-refractivity contribution in [2.45, 2.75) is 19.5 Å². The highest BCUT2D eigenvalue weighted by molar-refractivity contribution is 9.10. The predicted octanol–water partition coefficient (Wildman–Crippen LogP) is 3.03. The Morgan fingerprint density at radius 2 is 1.83 bits per heavy atom. The van der Waals surface area contributed by atoms with E-state index in [1.807, 2.05) is 0 Å². The number of likely N-dealkylation sites (N-methyl/N-ethyl adjacent to an activating group) is 1. The maximum absolute atomic E-state index is 13.2. The van der Waals surface area contributed by atoms with Crippen molar-refractivity contribution in [2.24, 2.45) is 0 Å². The number of amides is 2. The largest absolute Gasteiger partial charge is 0.357 e. The van der Waals surface area contributed by atoms with Crippen molar-refractivity contribution in [1.82, 2.24) is 10.2 Å². The van der Waals surface area contributed by atoms with Crippen LogP contribution in [0.4, 0.5) is 5.69 Å². The number of nitrogens with one attached hydrogen (secondary N) is 1. The van der Waals surface area contributed by atoms with Gasteiger partial charge in [-0.1, -0.05) is 51.8 Å². The molecule has 0 aliphatic heterocycles. The number of hydrogen-bond acceptors (Lipinski definition) is 4. The highest BCUT2D eigenvalue weighted by Crippen LogP contribution is 2.23. The molecule has 0 unspecified atom stereocenters. The summed E-state index contributed by atoms with van der Waals surface area (Å²) in [5, 5.41) is 2.97. The molecule has 0 saturated heterocycles. The Bertz CT molecular complexity index is 1030. The average molecular weight is 517 g/mol. The van der Waals surface area contributed by atoms with E-state index in [4.69, 9.17) is 11.6 Å². The van der Waals surface area contributed by atoms with E-state index in [0.717, 1.165) is 10.6 Å². The van der Waals surface area contributed by atoms with Crippen molar-refractivity contribution in [3.63, 3.8) is 0 Å². The molecule has 0 aliphatic carbocycles. The van der Waals surface area contributed by atoms with Crippen molar-refractivity contribution in [2.75, 3.05) is 24.2 Å². The normalized spacial score (nSPS) is 12.2. The molecule has 2 aromatic carbocycles. The van der Waals surface area contributed by atoms with Gasteiger partial charge in [0.15, 0.2) is 0 Å². The first kappa shape index (κ1) is 24.2. The number of anilines is 1. The molecular weight excluding hydrogens is 494 g/mol. The molecule has 0 radical (unpaired) electrons. The SMILES string of the molecule is CNC(=O)[C@@H](C)N(Cc1ccccc1Cl)C(=O)CN(c1cccc(Br)c1)S(C)(=O)=O. The summed E-state index contributed by atoms with van der Waals surface area (Å²) in [7, 11) is -2.28. The van der Waals surface area contributed by atoms with Crippen molar-refractivity contribution in [3.8, 4) is 0 Å². The minimum absolute atomic E-state index is 0.0587. The lowest BCUT2D eigenvalue weighted by molar-refractivity contribution is -0.139. The standard InChI is InChI=1S/C20H23BrClN3O4S/c1-14(20(27)23-2)24(12-15-7-4-5-10-18(15)22)19(26)13-25(30(3,28)29)17-9-6-8-16(21)11-17/h4-11,14H,12-13H2,1-3H3,(H,23,27)/t14-/m1/s1. The quantitative estimate of drug-likeness (QED) is 0.584. The molecular formula is C20H23BrClN3O4S. The molecule has 30 heavy (non-hydrogen) atoms. The van der Waals surface area contributed by atoms with Crippen molar-refractivity contribution in [1.29, 1.82) is 0 Å². The van der Waals surface area contributed by atoms with E-state index in [1.54, 1.807) is 55.5 Å². The van der Waals surface area contributed by atoms with Gasteiger partial charge in [-0.25, -0.2) is 8.42 Å². The fourth-order valence-electron chi connectivity index (χ4n) is 2.85. The lowest BCUT2D eigenvalue weighted by Gasteiger charge is -2.31. The summed E-state index contributed by atoms with van der Waals surface area (Å²) >= 11 is 9.54. The Balaban J connectivity index is 2.40. The number of sulfonamides is 1. The van der Waals surface area contributed by atoms with Gasteiger partial charge in [0.05, 0.1) is 11.9 Å². The fraction of sp³-hybridized carbons (Fsp3) is 0.300. The highest BCUT2D eigenvalue weighted by Gasteiger charge is 2.30. The number of nitrogens with zero attached hydrogens (tertiary/aromatic N) is 2. The minimum Gasteiger partial charge on any atom is -0.357 e. The molecule has 2 amide bonds. The average Bonchev–Trinajstić information content (AvgIpc) is 2.69. The van der Waals surface area contributed by atoms with Gasteiger partial charge in [-0.15, -0.1) is 0 Å². The smallest absolute Gasteiger partial charge is 0.244 e. The topological polar surface area (TPSA) is 86.8 Å². The first-order valence-corrected chi connectivity index (χ1v) is 12.0. The van der Waals surface area contributed by atoms with Gasteiger partial charge >= 0.3 is 0 Å². The first-order chi connectivity index (χ1) is 14.0. The number of halogens is 2. The van der Waals surface area contributed by atoms with Crippen LogP contribution in [0.2, 0.25) is 5.02 Å². The Hall–Kier alpha value is -2.10. The summed E-state index contributed by atoms with van der Waals surface area (Å²) in [6.45, 7) is 1.18. The van der Waals surface area contributed by atoms with Gasteiger partial charge in [-0.3, -0.25) is 13.9 Å². The Morgan fingerprint density at radius 1 is 1.17 bits per heavy atom. The second kappa shape index (κ2) is 10.3. The molecule has 0 saturated carbocycles. The minimum atomic E-state index is -3.76. The van der Waals surface area contributed by atoms with Gasteiger partial charge in [0, 0.05) is 23.1 Å². The van der Waals surface area contributed by atoms with E-state index in [1.165, 1.54) is 11.9 Å². The molecule has 0 heterocycles. The second-order valence-electron chi connectivity index (χ2n) is 6.65. The summed E-state index contributed by atoms with van der Waals surface area (Å²) in [6, 6.07) is 12.8. The van der Waals surface area contributed by atoms with Crippen LogP contribution in [0, 0.1) is 0 Å². The van der Waals surface area contributed by atoms with Crippen LogP contribution >= 0.6 is 27.5 Å². The third-order valence-electron chi connectivity index (χ3n) is 4.49. The van der Waals surface area contributed by atoms with Crippen molar-refractivity contribution >= 4 is 55.1 Å². The summed E-state index contributed by atoms with van der Waals surface area (Å²) < 4.78 is 26.5. The zero-order valence-corrected chi connectivity index (χ0v) is 20.0. The van der Waals surface area contributed by atoms with Crippen LogP contribution in [0.5, 0.6) is 0 Å². The zero-order chi connectivity index (χ0) is 22.5. The molecule has 162 valence electrons. The Morgan fingerprint density at radius 3 is 2.40 bits per heavy atom. The third kappa shape index (κ3) is 6.20. The predicted molar refractivity (Wildman–Crippen MR) is 122 cm³/mol. The van der Waals surface area contributed by atoms with Gasteiger partial charge in [-0.05, 0) is 36.8 Å². The molecule has 10 heteroatoms. The molecule has 7 nitrogen and oxygen atoms in total. The van der Waals surface area contributed by atoms with E-state index >= 15 is 0 Å². The first-order valence-electron chi connectivity index (χ1n) is 9.02. The van der Waals surface area contributed by atoms with Crippen LogP contribution in [0.15, 0.2) is 53.0 Å². The van der Waals surface area contributed by atoms with Crippen LogP contribution in [0.1, 0.15) is 12.5 Å². The van der Waals surface area contributed by atoms with Crippen molar-refractivity contribution < 1.29 is 18.0 Å². The Kier molecular flexibility index (Phi) is 8.28. The summed E-state index contributed by atoms with van der Waals surface area (Å²) in [6.07, 6.45) is 1.03. The van der Waals surface area contributed by atoms with E-state index in [-0.39, 0.29) is 12.5 Å². The van der Waals surface area contributed by atoms with E-state index < -0.39 is 28.5 Å². The number of benzene rings is 2. The van der Waals surface area contributed by atoms with Gasteiger partial charge in [-0.2, -0.15) is 0 Å². The lowest BCUT2D eigenvalue weighted by Crippen LogP contribution is -2.50. The molecule has 1 atom stereocenters. The monoisotopic (exact) mass is 515 g/mol. The van der Waals surface area contributed by atoms with Gasteiger partial charge in [0.2, 0.25) is 21.8 Å². The van der Waals surface area contributed by atoms with E-state index in [2.05, 4.69) is 21.2 Å². The molecule has 0 aromatic heterocycles. The summed E-state index contributed by atoms with van der Waals surface area (Å²) in [5.74, 6) is -0.903. The van der Waals surface area contributed by atoms with Crippen LogP contribution in [0.25, 0.3) is 0 Å². The third-order valence-corrected chi connectivity index (χ3v) is 6.49. The van der Waals surface area contributed by atoms with Gasteiger partial charge in [0.1, 0.15) is 12.6 Å². The molecule has 0 bridgehead atoms. The Labute approximate surface area is 190 Å². The molecule has 2 aromatic rings.